The Balaban J connectivity index is 1.87. The predicted molar refractivity (Wildman–Crippen MR) is 99.8 cm³/mol. The first-order valence-corrected chi connectivity index (χ1v) is 10.7. The number of fused-ring (bicyclic) bond motifs is 1. The molecule has 1 unspecified atom stereocenters. The van der Waals surface area contributed by atoms with E-state index < -0.39 is 15.8 Å². The van der Waals surface area contributed by atoms with E-state index >= 15 is 0 Å². The van der Waals surface area contributed by atoms with Gasteiger partial charge in [0.05, 0.1) is 34.9 Å². The van der Waals surface area contributed by atoms with Crippen molar-refractivity contribution in [1.82, 2.24) is 14.9 Å². The molecule has 26 heavy (non-hydrogen) atoms. The Kier molecular flexibility index (Phi) is 5.34. The molecule has 7 nitrogen and oxygen atoms in total. The number of hydrogen-bond acceptors (Lipinski definition) is 5. The van der Waals surface area contributed by atoms with Crippen LogP contribution in [-0.2, 0) is 21.2 Å². The zero-order valence-electron chi connectivity index (χ0n) is 14.4. The van der Waals surface area contributed by atoms with E-state index in [9.17, 15) is 18.0 Å². The van der Waals surface area contributed by atoms with E-state index in [1.54, 1.807) is 23.1 Å². The van der Waals surface area contributed by atoms with Gasteiger partial charge < -0.3 is 9.88 Å². The molecule has 0 radical (unpaired) electrons. The Bertz CT molecular complexity index is 1000. The van der Waals surface area contributed by atoms with E-state index in [0.717, 1.165) is 6.42 Å². The summed E-state index contributed by atoms with van der Waals surface area (Å²) in [5.41, 5.74) is 0.164. The molecule has 9 heteroatoms. The third-order valence-electron chi connectivity index (χ3n) is 4.45. The zero-order valence-corrected chi connectivity index (χ0v) is 15.9. The molecule has 0 saturated carbocycles. The summed E-state index contributed by atoms with van der Waals surface area (Å²) in [6, 6.07) is 4.82. The maximum atomic E-state index is 12.8. The van der Waals surface area contributed by atoms with Gasteiger partial charge in [-0.15, -0.1) is 0 Å². The second-order valence-electron chi connectivity index (χ2n) is 6.53. The van der Waals surface area contributed by atoms with Crippen LogP contribution in [0.1, 0.15) is 25.6 Å². The van der Waals surface area contributed by atoms with Gasteiger partial charge in [0, 0.05) is 11.6 Å². The number of nitrogens with one attached hydrogen (secondary N) is 1. The van der Waals surface area contributed by atoms with Crippen LogP contribution in [0.3, 0.4) is 0 Å². The van der Waals surface area contributed by atoms with E-state index in [1.165, 1.54) is 0 Å². The normalized spacial score (nSPS) is 18.9. The standard InChI is InChI=1S/C17H20ClN3O4S/c1-2-6-21(17(23)11-5-7-26(24,25)10-11)9-15-19-14-8-12(18)3-4-13(14)16(22)20-15/h3-4,8,11H,2,5-7,9-10H2,1H3,(H,19,20,22). The van der Waals surface area contributed by atoms with Crippen molar-refractivity contribution < 1.29 is 13.2 Å². The number of amides is 1. The third-order valence-corrected chi connectivity index (χ3v) is 6.45. The molecular weight excluding hydrogens is 378 g/mol. The summed E-state index contributed by atoms with van der Waals surface area (Å²) in [5.74, 6) is -0.432. The fourth-order valence-corrected chi connectivity index (χ4v) is 5.10. The summed E-state index contributed by atoms with van der Waals surface area (Å²) in [6.07, 6.45) is 1.06. The first-order chi connectivity index (χ1) is 12.3. The molecule has 1 aromatic carbocycles. The third kappa shape index (κ3) is 4.07. The minimum Gasteiger partial charge on any atom is -0.335 e. The van der Waals surface area contributed by atoms with Gasteiger partial charge in [-0.1, -0.05) is 18.5 Å². The fourth-order valence-electron chi connectivity index (χ4n) is 3.20. The van der Waals surface area contributed by atoms with E-state index in [2.05, 4.69) is 9.97 Å². The first-order valence-electron chi connectivity index (χ1n) is 8.47. The Hall–Kier alpha value is -1.93. The monoisotopic (exact) mass is 397 g/mol. The average Bonchev–Trinajstić information content (AvgIpc) is 2.93. The number of benzene rings is 1. The predicted octanol–water partition coefficient (Wildman–Crippen LogP) is 1.75. The van der Waals surface area contributed by atoms with Gasteiger partial charge in [0.1, 0.15) is 5.82 Å². The highest BCUT2D eigenvalue weighted by Crippen LogP contribution is 2.22. The van der Waals surface area contributed by atoms with Crippen LogP contribution in [0.4, 0.5) is 0 Å². The van der Waals surface area contributed by atoms with Crippen molar-refractivity contribution in [2.24, 2.45) is 5.92 Å². The van der Waals surface area contributed by atoms with Crippen LogP contribution >= 0.6 is 11.6 Å². The number of halogens is 1. The van der Waals surface area contributed by atoms with Crippen molar-refractivity contribution in [3.8, 4) is 0 Å². The van der Waals surface area contributed by atoms with E-state index in [-0.39, 0.29) is 29.5 Å². The van der Waals surface area contributed by atoms with Crippen molar-refractivity contribution in [1.29, 1.82) is 0 Å². The summed E-state index contributed by atoms with van der Waals surface area (Å²) in [7, 11) is -3.14. The summed E-state index contributed by atoms with van der Waals surface area (Å²) in [6.45, 7) is 2.52. The molecule has 1 aliphatic heterocycles. The number of aromatic amines is 1. The summed E-state index contributed by atoms with van der Waals surface area (Å²) < 4.78 is 23.3. The van der Waals surface area contributed by atoms with Crippen LogP contribution in [-0.4, -0.2) is 47.2 Å². The van der Waals surface area contributed by atoms with Crippen molar-refractivity contribution in [3.63, 3.8) is 0 Å². The Labute approximate surface area is 156 Å². The molecule has 3 rings (SSSR count). The average molecular weight is 398 g/mol. The van der Waals surface area contributed by atoms with Crippen LogP contribution in [0.15, 0.2) is 23.0 Å². The smallest absolute Gasteiger partial charge is 0.258 e. The molecule has 1 N–H and O–H groups in total. The highest BCUT2D eigenvalue weighted by Gasteiger charge is 2.35. The molecule has 1 aliphatic rings. The number of aromatic nitrogens is 2. The SMILES string of the molecule is CCCN(Cc1nc2cc(Cl)ccc2c(=O)[nH]1)C(=O)C1CCS(=O)(=O)C1. The van der Waals surface area contributed by atoms with Gasteiger partial charge in [0.2, 0.25) is 5.91 Å². The van der Waals surface area contributed by atoms with Crippen LogP contribution in [0.25, 0.3) is 10.9 Å². The molecule has 0 bridgehead atoms. The van der Waals surface area contributed by atoms with Gasteiger partial charge in [-0.25, -0.2) is 13.4 Å². The van der Waals surface area contributed by atoms with E-state index in [1.807, 2.05) is 6.92 Å². The fraction of sp³-hybridized carbons (Fsp3) is 0.471. The molecule has 140 valence electrons. The largest absolute Gasteiger partial charge is 0.335 e. The van der Waals surface area contributed by atoms with E-state index in [0.29, 0.717) is 34.7 Å². The van der Waals surface area contributed by atoms with Crippen molar-refractivity contribution in [2.45, 2.75) is 26.3 Å². The minimum absolute atomic E-state index is 0.0485. The zero-order chi connectivity index (χ0) is 18.9. The molecule has 0 aliphatic carbocycles. The topological polar surface area (TPSA) is 100 Å². The number of nitrogens with zero attached hydrogens (tertiary/aromatic N) is 2. The number of sulfone groups is 1. The number of H-pyrrole nitrogens is 1. The molecule has 1 atom stereocenters. The lowest BCUT2D eigenvalue weighted by Gasteiger charge is -2.24. The van der Waals surface area contributed by atoms with Gasteiger partial charge in [-0.2, -0.15) is 0 Å². The summed E-state index contributed by atoms with van der Waals surface area (Å²) >= 11 is 5.97. The molecule has 0 spiro atoms. The number of carbonyl (C=O) groups excluding carboxylic acids is 1. The number of hydrogen-bond donors (Lipinski definition) is 1. The van der Waals surface area contributed by atoms with Gasteiger partial charge >= 0.3 is 0 Å². The maximum absolute atomic E-state index is 12.8. The van der Waals surface area contributed by atoms with Gasteiger partial charge in [0.25, 0.3) is 5.56 Å². The van der Waals surface area contributed by atoms with E-state index in [4.69, 9.17) is 11.6 Å². The molecule has 1 amide bonds. The van der Waals surface area contributed by atoms with Crippen LogP contribution in [0.5, 0.6) is 0 Å². The second kappa shape index (κ2) is 7.36. The summed E-state index contributed by atoms with van der Waals surface area (Å²) in [4.78, 5) is 33.7. The molecular formula is C17H20ClN3O4S. The molecule has 2 heterocycles. The second-order valence-corrected chi connectivity index (χ2v) is 9.20. The number of carbonyl (C=O) groups is 1. The van der Waals surface area contributed by atoms with Crippen molar-refractivity contribution >= 4 is 38.2 Å². The van der Waals surface area contributed by atoms with Crippen LogP contribution in [0.2, 0.25) is 5.02 Å². The maximum Gasteiger partial charge on any atom is 0.258 e. The highest BCUT2D eigenvalue weighted by atomic mass is 35.5. The number of rotatable bonds is 5. The van der Waals surface area contributed by atoms with Crippen molar-refractivity contribution in [2.75, 3.05) is 18.1 Å². The lowest BCUT2D eigenvalue weighted by Crippen LogP contribution is -2.37. The summed E-state index contributed by atoms with van der Waals surface area (Å²) in [5, 5.41) is 0.896. The van der Waals surface area contributed by atoms with Crippen LogP contribution in [0, 0.1) is 5.92 Å². The van der Waals surface area contributed by atoms with Gasteiger partial charge in [0.15, 0.2) is 9.84 Å². The molecule has 1 fully saturated rings. The molecule has 2 aromatic rings. The first kappa shape index (κ1) is 18.8. The van der Waals surface area contributed by atoms with Gasteiger partial charge in [-0.05, 0) is 31.0 Å². The Morgan fingerprint density at radius 2 is 2.19 bits per heavy atom. The van der Waals surface area contributed by atoms with Gasteiger partial charge in [-0.3, -0.25) is 9.59 Å². The molecule has 1 saturated heterocycles. The lowest BCUT2D eigenvalue weighted by molar-refractivity contribution is -0.135. The molecule has 1 aromatic heterocycles. The Morgan fingerprint density at radius 3 is 2.85 bits per heavy atom. The van der Waals surface area contributed by atoms with Crippen LogP contribution < -0.4 is 5.56 Å². The quantitative estimate of drug-likeness (QED) is 0.828. The van der Waals surface area contributed by atoms with Crippen molar-refractivity contribution in [3.05, 3.63) is 39.4 Å². The highest BCUT2D eigenvalue weighted by molar-refractivity contribution is 7.91. The minimum atomic E-state index is -3.14. The lowest BCUT2D eigenvalue weighted by atomic mass is 10.1. The Morgan fingerprint density at radius 1 is 1.42 bits per heavy atom.